The van der Waals surface area contributed by atoms with Crippen LogP contribution in [0.5, 0.6) is 5.75 Å². The van der Waals surface area contributed by atoms with Crippen LogP contribution in [-0.2, 0) is 4.79 Å². The van der Waals surface area contributed by atoms with Crippen molar-refractivity contribution in [2.24, 2.45) is 0 Å². The molecular formula is C28H44ClNO4. The molecule has 1 unspecified atom stereocenters. The Morgan fingerprint density at radius 1 is 1.21 bits per heavy atom. The van der Waals surface area contributed by atoms with Crippen LogP contribution in [0.3, 0.4) is 0 Å². The average molecular weight is 494 g/mol. The molecule has 1 aliphatic carbocycles. The summed E-state index contributed by atoms with van der Waals surface area (Å²) in [6.07, 6.45) is 8.33. The molecule has 1 saturated carbocycles. The lowest BCUT2D eigenvalue weighted by atomic mass is 9.96. The Balaban J connectivity index is 0.000000645. The van der Waals surface area contributed by atoms with Gasteiger partial charge in [-0.3, -0.25) is 9.59 Å². The predicted molar refractivity (Wildman–Crippen MR) is 142 cm³/mol. The Hall–Kier alpha value is -2.27. The summed E-state index contributed by atoms with van der Waals surface area (Å²) in [7, 11) is 1.58. The quantitative estimate of drug-likeness (QED) is 0.326. The van der Waals surface area contributed by atoms with Crippen LogP contribution in [0.2, 0.25) is 5.02 Å². The minimum atomic E-state index is -0.0701. The molecule has 1 atom stereocenters. The second-order valence-corrected chi connectivity index (χ2v) is 8.56. The zero-order chi connectivity index (χ0) is 26.1. The summed E-state index contributed by atoms with van der Waals surface area (Å²) in [4.78, 5) is 21.3. The molecule has 1 aromatic carbocycles. The lowest BCUT2D eigenvalue weighted by Crippen LogP contribution is -2.29. The Bertz CT molecular complexity index is 841. The van der Waals surface area contributed by atoms with Crippen molar-refractivity contribution in [3.05, 3.63) is 51.9 Å². The number of amides is 1. The Kier molecular flexibility index (Phi) is 16.9. The van der Waals surface area contributed by atoms with Crippen molar-refractivity contribution in [2.45, 2.75) is 99.0 Å². The van der Waals surface area contributed by atoms with Crippen molar-refractivity contribution < 1.29 is 18.7 Å². The van der Waals surface area contributed by atoms with Gasteiger partial charge in [0, 0.05) is 18.9 Å². The molecule has 192 valence electrons. The maximum absolute atomic E-state index is 11.4. The first-order valence-corrected chi connectivity index (χ1v) is 12.8. The number of hydrogen-bond donors (Lipinski definition) is 1. The molecule has 0 bridgehead atoms. The van der Waals surface area contributed by atoms with Gasteiger partial charge >= 0.3 is 0 Å². The average Bonchev–Trinajstić information content (AvgIpc) is 3.23. The number of nitrogens with one attached hydrogen (secondary N) is 1. The molecule has 3 rings (SSSR count). The normalized spacial score (nSPS) is 13.6. The Morgan fingerprint density at radius 2 is 1.79 bits per heavy atom. The number of aryl methyl sites for hydroxylation is 1. The van der Waals surface area contributed by atoms with Gasteiger partial charge in [0.1, 0.15) is 11.5 Å². The molecule has 1 N–H and O–H groups in total. The fourth-order valence-corrected chi connectivity index (χ4v) is 3.83. The molecule has 1 fully saturated rings. The first kappa shape index (κ1) is 31.7. The highest BCUT2D eigenvalue weighted by Gasteiger charge is 2.19. The lowest BCUT2D eigenvalue weighted by molar-refractivity contribution is -0.110. The standard InChI is InChI=1S/C16H17ClO3.C7H13NO.C3H8.C2H6/c1-9-7-15(11(3)18)20-16(9)10(2)12-5-6-14(19-4)13(17)8-12;9-6-8-7-4-2-1-3-5-7;1-3-2;1-2/h5-8,10H,1-4H3;6-7H,1-5H2,(H,8,9);3H2,1-2H3;1-2H3. The zero-order valence-corrected chi connectivity index (χ0v) is 23.1. The summed E-state index contributed by atoms with van der Waals surface area (Å²) in [5, 5.41) is 3.37. The van der Waals surface area contributed by atoms with Crippen molar-refractivity contribution in [1.82, 2.24) is 5.32 Å². The van der Waals surface area contributed by atoms with Crippen molar-refractivity contribution in [2.75, 3.05) is 7.11 Å². The molecule has 2 aromatic rings. The highest BCUT2D eigenvalue weighted by Crippen LogP contribution is 2.33. The molecule has 0 aliphatic heterocycles. The molecule has 0 saturated heterocycles. The molecule has 6 heteroatoms. The van der Waals surface area contributed by atoms with Crippen molar-refractivity contribution >= 4 is 23.8 Å². The van der Waals surface area contributed by atoms with E-state index in [2.05, 4.69) is 19.2 Å². The van der Waals surface area contributed by atoms with Crippen molar-refractivity contribution in [3.8, 4) is 5.75 Å². The van der Waals surface area contributed by atoms with E-state index in [0.717, 1.165) is 23.3 Å². The van der Waals surface area contributed by atoms with Crippen molar-refractivity contribution in [1.29, 1.82) is 0 Å². The summed E-state index contributed by atoms with van der Waals surface area (Å²) in [6.45, 7) is 13.7. The largest absolute Gasteiger partial charge is 0.495 e. The maximum Gasteiger partial charge on any atom is 0.207 e. The molecular weight excluding hydrogens is 450 g/mol. The SMILES string of the molecule is CC.CCC.COc1ccc(C(C)c2oc(C(C)=O)cc2C)cc1Cl.O=CNC1CCCCC1. The van der Waals surface area contributed by atoms with Gasteiger partial charge in [-0.1, -0.05) is 78.0 Å². The fourth-order valence-electron chi connectivity index (χ4n) is 3.57. The number of halogens is 1. The van der Waals surface area contributed by atoms with Gasteiger partial charge in [-0.15, -0.1) is 0 Å². The van der Waals surface area contributed by atoms with E-state index < -0.39 is 0 Å². The smallest absolute Gasteiger partial charge is 0.207 e. The van der Waals surface area contributed by atoms with Crippen molar-refractivity contribution in [3.63, 3.8) is 0 Å². The molecule has 34 heavy (non-hydrogen) atoms. The fraction of sp³-hybridized carbons (Fsp3) is 0.571. The monoisotopic (exact) mass is 493 g/mol. The van der Waals surface area contributed by atoms with E-state index >= 15 is 0 Å². The van der Waals surface area contributed by atoms with Crippen LogP contribution < -0.4 is 10.1 Å². The van der Waals surface area contributed by atoms with E-state index in [1.807, 2.05) is 45.9 Å². The van der Waals surface area contributed by atoms with E-state index in [9.17, 15) is 9.59 Å². The molecule has 0 spiro atoms. The minimum Gasteiger partial charge on any atom is -0.495 e. The van der Waals surface area contributed by atoms with Gasteiger partial charge in [0.15, 0.2) is 11.5 Å². The van der Waals surface area contributed by atoms with Gasteiger partial charge in [0.05, 0.1) is 12.1 Å². The Morgan fingerprint density at radius 3 is 2.24 bits per heavy atom. The van der Waals surface area contributed by atoms with Crippen LogP contribution in [0.15, 0.2) is 28.7 Å². The van der Waals surface area contributed by atoms with Crippen LogP contribution in [0.4, 0.5) is 0 Å². The molecule has 0 radical (unpaired) electrons. The first-order valence-electron chi connectivity index (χ1n) is 12.4. The highest BCUT2D eigenvalue weighted by atomic mass is 35.5. The second-order valence-electron chi connectivity index (χ2n) is 8.16. The number of hydrogen-bond acceptors (Lipinski definition) is 4. The second kappa shape index (κ2) is 18.1. The third-order valence-corrected chi connectivity index (χ3v) is 5.58. The number of methoxy groups -OCH3 is 1. The summed E-state index contributed by atoms with van der Waals surface area (Å²) in [6, 6.07) is 7.90. The van der Waals surface area contributed by atoms with E-state index in [-0.39, 0.29) is 11.7 Å². The third-order valence-electron chi connectivity index (χ3n) is 5.28. The van der Waals surface area contributed by atoms with E-state index in [1.54, 1.807) is 13.2 Å². The number of rotatable bonds is 6. The van der Waals surface area contributed by atoms with E-state index in [0.29, 0.717) is 22.6 Å². The number of furan rings is 1. The van der Waals surface area contributed by atoms with Crippen LogP contribution in [0.1, 0.15) is 113 Å². The molecule has 1 amide bonds. The number of ether oxygens (including phenoxy) is 1. The van der Waals surface area contributed by atoms with Gasteiger partial charge in [0.2, 0.25) is 6.41 Å². The highest BCUT2D eigenvalue weighted by molar-refractivity contribution is 6.32. The predicted octanol–water partition coefficient (Wildman–Crippen LogP) is 8.11. The van der Waals surface area contributed by atoms with Crippen LogP contribution in [0, 0.1) is 6.92 Å². The minimum absolute atomic E-state index is 0.0199. The number of ketones is 1. The summed E-state index contributed by atoms with van der Waals surface area (Å²) in [5.74, 6) is 1.77. The maximum atomic E-state index is 11.4. The number of benzene rings is 1. The van der Waals surface area contributed by atoms with Gasteiger partial charge in [0.25, 0.3) is 0 Å². The summed E-state index contributed by atoms with van der Waals surface area (Å²) in [5.41, 5.74) is 1.98. The van der Waals surface area contributed by atoms with Gasteiger partial charge in [-0.25, -0.2) is 0 Å². The molecule has 1 heterocycles. The van der Waals surface area contributed by atoms with Gasteiger partial charge < -0.3 is 14.5 Å². The van der Waals surface area contributed by atoms with Crippen LogP contribution in [0.25, 0.3) is 0 Å². The van der Waals surface area contributed by atoms with Crippen LogP contribution in [-0.4, -0.2) is 25.3 Å². The molecule has 1 aliphatic rings. The zero-order valence-electron chi connectivity index (χ0n) is 22.3. The van der Waals surface area contributed by atoms with Gasteiger partial charge in [-0.2, -0.15) is 0 Å². The first-order chi connectivity index (χ1) is 16.3. The third kappa shape index (κ3) is 10.8. The van der Waals surface area contributed by atoms with Crippen LogP contribution >= 0.6 is 11.6 Å². The van der Waals surface area contributed by atoms with Gasteiger partial charge in [-0.05, 0) is 49.1 Å². The number of carbonyl (C=O) groups is 2. The number of carbonyl (C=O) groups excluding carboxylic acids is 2. The lowest BCUT2D eigenvalue weighted by Gasteiger charge is -2.19. The molecule has 5 nitrogen and oxygen atoms in total. The van der Waals surface area contributed by atoms with E-state index in [4.69, 9.17) is 20.8 Å². The van der Waals surface area contributed by atoms with E-state index in [1.165, 1.54) is 45.4 Å². The topological polar surface area (TPSA) is 68.5 Å². The Labute approximate surface area is 211 Å². The molecule has 1 aromatic heterocycles. The summed E-state index contributed by atoms with van der Waals surface area (Å²) < 4.78 is 10.8. The summed E-state index contributed by atoms with van der Waals surface area (Å²) >= 11 is 6.15. The number of Topliss-reactive ketones (excluding diaryl/α,β-unsaturated/α-hetero) is 1.